The SMILES string of the molecule is CC(=O)c1ccc2c([nH]c3ccccc32)c1C. The minimum atomic E-state index is 0.114. The Morgan fingerprint density at radius 1 is 1.06 bits per heavy atom. The molecule has 84 valence electrons. The van der Waals surface area contributed by atoms with Gasteiger partial charge < -0.3 is 4.98 Å². The number of carbonyl (C=O) groups excluding carboxylic acids is 1. The fourth-order valence-corrected chi connectivity index (χ4v) is 2.44. The molecular weight excluding hydrogens is 210 g/mol. The number of hydrogen-bond acceptors (Lipinski definition) is 1. The van der Waals surface area contributed by atoms with Crippen molar-refractivity contribution in [2.45, 2.75) is 13.8 Å². The number of Topliss-reactive ketones (excluding diaryl/α,β-unsaturated/α-hetero) is 1. The van der Waals surface area contributed by atoms with Crippen molar-refractivity contribution < 1.29 is 4.79 Å². The van der Waals surface area contributed by atoms with Crippen LogP contribution in [0.2, 0.25) is 0 Å². The van der Waals surface area contributed by atoms with Crippen LogP contribution in [0.4, 0.5) is 0 Å². The number of aryl methyl sites for hydroxylation is 1. The van der Waals surface area contributed by atoms with Crippen LogP contribution in [0, 0.1) is 6.92 Å². The van der Waals surface area contributed by atoms with Crippen molar-refractivity contribution in [3.8, 4) is 0 Å². The molecule has 0 aliphatic carbocycles. The summed E-state index contributed by atoms with van der Waals surface area (Å²) < 4.78 is 0. The lowest BCUT2D eigenvalue weighted by Gasteiger charge is -2.02. The zero-order valence-corrected chi connectivity index (χ0v) is 9.87. The number of carbonyl (C=O) groups is 1. The second-order valence-electron chi connectivity index (χ2n) is 4.39. The van der Waals surface area contributed by atoms with E-state index in [0.717, 1.165) is 22.2 Å². The molecule has 1 N–H and O–H groups in total. The molecule has 0 saturated carbocycles. The van der Waals surface area contributed by atoms with E-state index >= 15 is 0 Å². The maximum atomic E-state index is 11.5. The lowest BCUT2D eigenvalue weighted by Crippen LogP contribution is -1.95. The molecule has 0 amide bonds. The van der Waals surface area contributed by atoms with E-state index in [1.807, 2.05) is 31.2 Å². The van der Waals surface area contributed by atoms with Gasteiger partial charge in [-0.05, 0) is 25.5 Å². The van der Waals surface area contributed by atoms with Crippen LogP contribution in [0.15, 0.2) is 36.4 Å². The average Bonchev–Trinajstić information content (AvgIpc) is 2.69. The Bertz CT molecular complexity index is 737. The number of rotatable bonds is 1. The summed E-state index contributed by atoms with van der Waals surface area (Å²) in [5, 5.41) is 2.39. The summed E-state index contributed by atoms with van der Waals surface area (Å²) in [7, 11) is 0. The van der Waals surface area contributed by atoms with Gasteiger partial charge in [-0.2, -0.15) is 0 Å². The first-order chi connectivity index (χ1) is 8.18. The molecule has 0 bridgehead atoms. The van der Waals surface area contributed by atoms with Crippen molar-refractivity contribution in [2.24, 2.45) is 0 Å². The van der Waals surface area contributed by atoms with Crippen LogP contribution in [0.1, 0.15) is 22.8 Å². The number of hydrogen-bond donors (Lipinski definition) is 1. The largest absolute Gasteiger partial charge is 0.354 e. The lowest BCUT2D eigenvalue weighted by molar-refractivity contribution is 0.101. The van der Waals surface area contributed by atoms with Gasteiger partial charge in [0.2, 0.25) is 0 Å². The molecule has 2 aromatic carbocycles. The smallest absolute Gasteiger partial charge is 0.160 e. The van der Waals surface area contributed by atoms with Crippen molar-refractivity contribution in [3.05, 3.63) is 47.5 Å². The molecule has 2 nitrogen and oxygen atoms in total. The van der Waals surface area contributed by atoms with Gasteiger partial charge in [0.15, 0.2) is 5.78 Å². The molecule has 0 unspecified atom stereocenters. The molecule has 0 aliphatic rings. The Kier molecular flexibility index (Phi) is 2.05. The van der Waals surface area contributed by atoms with Crippen LogP contribution >= 0.6 is 0 Å². The van der Waals surface area contributed by atoms with E-state index in [9.17, 15) is 4.79 Å². The van der Waals surface area contributed by atoms with Crippen LogP contribution in [0.5, 0.6) is 0 Å². The molecule has 17 heavy (non-hydrogen) atoms. The van der Waals surface area contributed by atoms with Gasteiger partial charge in [-0.15, -0.1) is 0 Å². The molecular formula is C15H13NO. The Balaban J connectivity index is 2.48. The van der Waals surface area contributed by atoms with Crippen LogP contribution in [0.25, 0.3) is 21.8 Å². The lowest BCUT2D eigenvalue weighted by atomic mass is 10.0. The van der Waals surface area contributed by atoms with Gasteiger partial charge in [-0.25, -0.2) is 0 Å². The van der Waals surface area contributed by atoms with Gasteiger partial charge in [0.05, 0.1) is 5.52 Å². The van der Waals surface area contributed by atoms with Gasteiger partial charge in [-0.3, -0.25) is 4.79 Å². The molecule has 1 heterocycles. The highest BCUT2D eigenvalue weighted by atomic mass is 16.1. The average molecular weight is 223 g/mol. The highest BCUT2D eigenvalue weighted by Gasteiger charge is 2.10. The summed E-state index contributed by atoms with van der Waals surface area (Å²) in [6.07, 6.45) is 0. The summed E-state index contributed by atoms with van der Waals surface area (Å²) in [5.74, 6) is 0.114. The zero-order valence-electron chi connectivity index (χ0n) is 9.87. The highest BCUT2D eigenvalue weighted by molar-refractivity contribution is 6.11. The maximum absolute atomic E-state index is 11.5. The van der Waals surface area contributed by atoms with Crippen molar-refractivity contribution >= 4 is 27.6 Å². The molecule has 0 aliphatic heterocycles. The number of aromatic amines is 1. The number of benzene rings is 2. The van der Waals surface area contributed by atoms with Gasteiger partial charge in [0, 0.05) is 21.9 Å². The quantitative estimate of drug-likeness (QED) is 0.625. The van der Waals surface area contributed by atoms with Crippen LogP contribution in [-0.4, -0.2) is 10.8 Å². The summed E-state index contributed by atoms with van der Waals surface area (Å²) in [6.45, 7) is 3.60. The molecule has 0 fully saturated rings. The number of fused-ring (bicyclic) bond motifs is 3. The summed E-state index contributed by atoms with van der Waals surface area (Å²) in [6, 6.07) is 12.1. The van der Waals surface area contributed by atoms with E-state index < -0.39 is 0 Å². The van der Waals surface area contributed by atoms with Crippen molar-refractivity contribution in [1.29, 1.82) is 0 Å². The zero-order chi connectivity index (χ0) is 12.0. The third-order valence-electron chi connectivity index (χ3n) is 3.32. The molecule has 0 saturated heterocycles. The Labute approximate surface area is 99.3 Å². The maximum Gasteiger partial charge on any atom is 0.160 e. The van der Waals surface area contributed by atoms with Crippen LogP contribution in [-0.2, 0) is 0 Å². The second-order valence-corrected chi connectivity index (χ2v) is 4.39. The first-order valence-electron chi connectivity index (χ1n) is 5.69. The van der Waals surface area contributed by atoms with Gasteiger partial charge >= 0.3 is 0 Å². The fraction of sp³-hybridized carbons (Fsp3) is 0.133. The number of H-pyrrole nitrogens is 1. The number of para-hydroxylation sites is 1. The van der Waals surface area contributed by atoms with Gasteiger partial charge in [0.1, 0.15) is 0 Å². The van der Waals surface area contributed by atoms with Crippen molar-refractivity contribution in [1.82, 2.24) is 4.98 Å². The number of nitrogens with one attached hydrogen (secondary N) is 1. The molecule has 0 spiro atoms. The Hall–Kier alpha value is -2.09. The molecule has 2 heteroatoms. The predicted molar refractivity (Wildman–Crippen MR) is 70.5 cm³/mol. The van der Waals surface area contributed by atoms with E-state index in [4.69, 9.17) is 0 Å². The minimum absolute atomic E-state index is 0.114. The Morgan fingerprint density at radius 3 is 2.59 bits per heavy atom. The summed E-state index contributed by atoms with van der Waals surface area (Å²) in [5.41, 5.74) is 4.01. The number of aromatic nitrogens is 1. The van der Waals surface area contributed by atoms with E-state index in [1.54, 1.807) is 6.92 Å². The highest BCUT2D eigenvalue weighted by Crippen LogP contribution is 2.29. The summed E-state index contributed by atoms with van der Waals surface area (Å²) >= 11 is 0. The third kappa shape index (κ3) is 1.37. The van der Waals surface area contributed by atoms with Crippen LogP contribution < -0.4 is 0 Å². The molecule has 0 atom stereocenters. The van der Waals surface area contributed by atoms with Crippen LogP contribution in [0.3, 0.4) is 0 Å². The number of ketones is 1. The molecule has 0 radical (unpaired) electrons. The topological polar surface area (TPSA) is 32.9 Å². The van der Waals surface area contributed by atoms with Gasteiger partial charge in [-0.1, -0.05) is 30.3 Å². The minimum Gasteiger partial charge on any atom is -0.354 e. The van der Waals surface area contributed by atoms with E-state index in [2.05, 4.69) is 17.1 Å². The normalized spacial score (nSPS) is 11.2. The summed E-state index contributed by atoms with van der Waals surface area (Å²) in [4.78, 5) is 14.9. The fourth-order valence-electron chi connectivity index (χ4n) is 2.44. The molecule has 3 rings (SSSR count). The monoisotopic (exact) mass is 223 g/mol. The van der Waals surface area contributed by atoms with E-state index in [0.29, 0.717) is 0 Å². The van der Waals surface area contributed by atoms with E-state index in [-0.39, 0.29) is 5.78 Å². The third-order valence-corrected chi connectivity index (χ3v) is 3.32. The predicted octanol–water partition coefficient (Wildman–Crippen LogP) is 3.83. The van der Waals surface area contributed by atoms with E-state index in [1.165, 1.54) is 10.8 Å². The standard InChI is InChI=1S/C15H13NO/c1-9-11(10(2)17)7-8-13-12-5-3-4-6-14(12)16-15(9)13/h3-8,16H,1-2H3. The first kappa shape index (κ1) is 10.1. The van der Waals surface area contributed by atoms with Gasteiger partial charge in [0.25, 0.3) is 0 Å². The molecule has 3 aromatic rings. The van der Waals surface area contributed by atoms with Crippen molar-refractivity contribution in [3.63, 3.8) is 0 Å². The Morgan fingerprint density at radius 2 is 1.82 bits per heavy atom. The van der Waals surface area contributed by atoms with Crippen molar-refractivity contribution in [2.75, 3.05) is 0 Å². The first-order valence-corrected chi connectivity index (χ1v) is 5.69. The molecule has 1 aromatic heterocycles. The second kappa shape index (κ2) is 3.45.